The summed E-state index contributed by atoms with van der Waals surface area (Å²) in [6.07, 6.45) is 3.23. The lowest BCUT2D eigenvalue weighted by Gasteiger charge is -2.29. The van der Waals surface area contributed by atoms with Gasteiger partial charge in [-0.3, -0.25) is 10.0 Å². The van der Waals surface area contributed by atoms with Crippen molar-refractivity contribution in [2.45, 2.75) is 32.6 Å². The quantitative estimate of drug-likeness (QED) is 0.347. The Balaban J connectivity index is 1.45. The maximum Gasteiger partial charge on any atom is 0.341 e. The number of hydroxylamine groups is 2. The molecule has 3 rings (SSSR count). The minimum atomic E-state index is -0.511. The van der Waals surface area contributed by atoms with Crippen LogP contribution in [0.3, 0.4) is 0 Å². The van der Waals surface area contributed by atoms with Gasteiger partial charge in [0.25, 0.3) is 5.91 Å². The minimum absolute atomic E-state index is 0.0821. The third-order valence-corrected chi connectivity index (χ3v) is 5.33. The van der Waals surface area contributed by atoms with Gasteiger partial charge in [0, 0.05) is 31.6 Å². The van der Waals surface area contributed by atoms with Gasteiger partial charge >= 0.3 is 6.03 Å². The molecule has 0 fully saturated rings. The lowest BCUT2D eigenvalue weighted by molar-refractivity contribution is -0.0453. The summed E-state index contributed by atoms with van der Waals surface area (Å²) in [5.41, 5.74) is 3.05. The average Bonchev–Trinajstić information content (AvgIpc) is 2.79. The monoisotopic (exact) mass is 425 g/mol. The number of fused-ring (bicyclic) bond motifs is 1. The molecule has 1 heterocycles. The fraction of sp³-hybridized carbons (Fsp3) is 0.417. The topological polar surface area (TPSA) is 82.1 Å². The molecule has 0 radical (unpaired) electrons. The molecule has 31 heavy (non-hydrogen) atoms. The number of carbonyl (C=O) groups is 2. The van der Waals surface area contributed by atoms with E-state index in [1.807, 2.05) is 41.3 Å². The van der Waals surface area contributed by atoms with E-state index in [9.17, 15) is 14.8 Å². The first kappa shape index (κ1) is 22.6. The first-order valence-corrected chi connectivity index (χ1v) is 10.9. The first-order valence-electron chi connectivity index (χ1n) is 10.9. The maximum absolute atomic E-state index is 12.8. The predicted molar refractivity (Wildman–Crippen MR) is 118 cm³/mol. The van der Waals surface area contributed by atoms with Gasteiger partial charge in [-0.1, -0.05) is 30.3 Å². The second-order valence-corrected chi connectivity index (χ2v) is 7.61. The van der Waals surface area contributed by atoms with Crippen LogP contribution in [-0.4, -0.2) is 59.9 Å². The van der Waals surface area contributed by atoms with Crippen LogP contribution >= 0.6 is 0 Å². The van der Waals surface area contributed by atoms with Crippen molar-refractivity contribution in [3.05, 3.63) is 65.2 Å². The SMILES string of the molecule is CCNC(=O)N(O)CCCOc1ccc2c(c1)CCN(CCCc1ccccc1)C2=O. The van der Waals surface area contributed by atoms with Gasteiger partial charge in [-0.15, -0.1) is 0 Å². The van der Waals surface area contributed by atoms with Crippen molar-refractivity contribution in [1.29, 1.82) is 0 Å². The third kappa shape index (κ3) is 6.46. The zero-order valence-electron chi connectivity index (χ0n) is 18.0. The van der Waals surface area contributed by atoms with Crippen LogP contribution < -0.4 is 10.1 Å². The van der Waals surface area contributed by atoms with E-state index in [2.05, 4.69) is 17.4 Å². The molecule has 0 spiro atoms. The van der Waals surface area contributed by atoms with Crippen molar-refractivity contribution in [2.24, 2.45) is 0 Å². The van der Waals surface area contributed by atoms with Gasteiger partial charge in [0.05, 0.1) is 13.2 Å². The minimum Gasteiger partial charge on any atom is -0.494 e. The number of aryl methyl sites for hydroxylation is 1. The second kappa shape index (κ2) is 11.4. The Labute approximate surface area is 183 Å². The summed E-state index contributed by atoms with van der Waals surface area (Å²) >= 11 is 0. The van der Waals surface area contributed by atoms with Gasteiger partial charge in [0.15, 0.2) is 0 Å². The van der Waals surface area contributed by atoms with Crippen molar-refractivity contribution < 1.29 is 19.5 Å². The van der Waals surface area contributed by atoms with Gasteiger partial charge in [0.1, 0.15) is 5.75 Å². The Hall–Kier alpha value is -3.06. The highest BCUT2D eigenvalue weighted by Gasteiger charge is 2.24. The number of nitrogens with one attached hydrogen (secondary N) is 1. The molecule has 7 heteroatoms. The average molecular weight is 426 g/mol. The normalized spacial score (nSPS) is 13.0. The van der Waals surface area contributed by atoms with E-state index in [1.165, 1.54) is 5.56 Å². The van der Waals surface area contributed by atoms with Crippen LogP contribution in [0.1, 0.15) is 41.3 Å². The third-order valence-electron chi connectivity index (χ3n) is 5.33. The Morgan fingerprint density at radius 2 is 2.00 bits per heavy atom. The lowest BCUT2D eigenvalue weighted by Crippen LogP contribution is -2.38. The fourth-order valence-electron chi connectivity index (χ4n) is 3.68. The van der Waals surface area contributed by atoms with Crippen LogP contribution in [0, 0.1) is 0 Å². The van der Waals surface area contributed by atoms with E-state index in [1.54, 1.807) is 6.92 Å². The van der Waals surface area contributed by atoms with E-state index in [-0.39, 0.29) is 12.5 Å². The molecule has 2 N–H and O–H groups in total. The molecule has 1 aliphatic heterocycles. The van der Waals surface area contributed by atoms with Crippen LogP contribution in [0.4, 0.5) is 4.79 Å². The van der Waals surface area contributed by atoms with Gasteiger partial charge in [-0.2, -0.15) is 0 Å². The number of rotatable bonds is 10. The number of ether oxygens (including phenoxy) is 1. The summed E-state index contributed by atoms with van der Waals surface area (Å²) in [5, 5.41) is 12.8. The van der Waals surface area contributed by atoms with Gasteiger partial charge in [-0.05, 0) is 55.5 Å². The predicted octanol–water partition coefficient (Wildman–Crippen LogP) is 3.51. The summed E-state index contributed by atoms with van der Waals surface area (Å²) in [6, 6.07) is 15.4. The number of hydrogen-bond acceptors (Lipinski definition) is 4. The molecule has 0 aromatic heterocycles. The zero-order chi connectivity index (χ0) is 22.1. The number of carbonyl (C=O) groups excluding carboxylic acids is 2. The zero-order valence-corrected chi connectivity index (χ0v) is 18.0. The summed E-state index contributed by atoms with van der Waals surface area (Å²) in [6.45, 7) is 4.29. The van der Waals surface area contributed by atoms with Crippen LogP contribution in [0.25, 0.3) is 0 Å². The summed E-state index contributed by atoms with van der Waals surface area (Å²) in [4.78, 5) is 26.2. The number of nitrogens with zero attached hydrogens (tertiary/aromatic N) is 2. The van der Waals surface area contributed by atoms with Crippen molar-refractivity contribution in [2.75, 3.05) is 32.8 Å². The highest BCUT2D eigenvalue weighted by molar-refractivity contribution is 5.96. The smallest absolute Gasteiger partial charge is 0.341 e. The number of benzene rings is 2. The molecule has 1 aliphatic rings. The number of hydrogen-bond donors (Lipinski definition) is 2. The Kier molecular flexibility index (Phi) is 8.29. The lowest BCUT2D eigenvalue weighted by atomic mass is 9.98. The van der Waals surface area contributed by atoms with Crippen LogP contribution in [-0.2, 0) is 12.8 Å². The highest BCUT2D eigenvalue weighted by atomic mass is 16.5. The van der Waals surface area contributed by atoms with Crippen molar-refractivity contribution in [1.82, 2.24) is 15.3 Å². The molecule has 166 valence electrons. The molecule has 0 saturated carbocycles. The molecule has 0 unspecified atom stereocenters. The Morgan fingerprint density at radius 1 is 1.19 bits per heavy atom. The molecule has 0 saturated heterocycles. The maximum atomic E-state index is 12.8. The van der Waals surface area contributed by atoms with Gasteiger partial charge in [0.2, 0.25) is 0 Å². The fourth-order valence-corrected chi connectivity index (χ4v) is 3.68. The molecule has 0 bridgehead atoms. The van der Waals surface area contributed by atoms with Crippen molar-refractivity contribution in [3.63, 3.8) is 0 Å². The van der Waals surface area contributed by atoms with Gasteiger partial charge in [-0.25, -0.2) is 9.86 Å². The van der Waals surface area contributed by atoms with E-state index < -0.39 is 6.03 Å². The molecule has 2 aromatic rings. The molecular formula is C24H31N3O4. The van der Waals surface area contributed by atoms with E-state index in [0.29, 0.717) is 30.4 Å². The van der Waals surface area contributed by atoms with E-state index in [4.69, 9.17) is 4.74 Å². The van der Waals surface area contributed by atoms with Crippen LogP contribution in [0.15, 0.2) is 48.5 Å². The van der Waals surface area contributed by atoms with E-state index in [0.717, 1.165) is 43.5 Å². The van der Waals surface area contributed by atoms with Crippen LogP contribution in [0.2, 0.25) is 0 Å². The van der Waals surface area contributed by atoms with Crippen LogP contribution in [0.5, 0.6) is 5.75 Å². The molecular weight excluding hydrogens is 394 g/mol. The first-order chi connectivity index (χ1) is 15.1. The number of urea groups is 1. The molecule has 0 aliphatic carbocycles. The molecule has 0 atom stereocenters. The molecule has 3 amide bonds. The summed E-state index contributed by atoms with van der Waals surface area (Å²) in [7, 11) is 0. The largest absolute Gasteiger partial charge is 0.494 e. The number of amides is 3. The summed E-state index contributed by atoms with van der Waals surface area (Å²) in [5.74, 6) is 0.783. The standard InChI is InChI=1S/C24H31N3O4/c1-2-25-24(29)27(30)15-7-17-31-21-11-12-22-20(18-21)13-16-26(23(22)28)14-6-10-19-8-4-3-5-9-19/h3-5,8-9,11-12,18,30H,2,6-7,10,13-17H2,1H3,(H,25,29). The van der Waals surface area contributed by atoms with E-state index >= 15 is 0 Å². The van der Waals surface area contributed by atoms with Crippen molar-refractivity contribution in [3.8, 4) is 5.75 Å². The van der Waals surface area contributed by atoms with Crippen molar-refractivity contribution >= 4 is 11.9 Å². The Morgan fingerprint density at radius 3 is 2.77 bits per heavy atom. The molecule has 2 aromatic carbocycles. The second-order valence-electron chi connectivity index (χ2n) is 7.61. The summed E-state index contributed by atoms with van der Waals surface area (Å²) < 4.78 is 5.74. The molecule has 7 nitrogen and oxygen atoms in total. The Bertz CT molecular complexity index is 872. The highest BCUT2D eigenvalue weighted by Crippen LogP contribution is 2.24. The van der Waals surface area contributed by atoms with Gasteiger partial charge < -0.3 is 15.0 Å².